The molecule has 0 atom stereocenters. The quantitative estimate of drug-likeness (QED) is 0.693. The molecule has 100 valence electrons. The van der Waals surface area contributed by atoms with Crippen molar-refractivity contribution in [1.82, 2.24) is 9.55 Å². The van der Waals surface area contributed by atoms with Crippen LogP contribution in [0, 0.1) is 4.91 Å². The Labute approximate surface area is 122 Å². The number of fused-ring (bicyclic) bond motifs is 1. The summed E-state index contributed by atoms with van der Waals surface area (Å²) in [5, 5.41) is 3.39. The van der Waals surface area contributed by atoms with Crippen molar-refractivity contribution in [1.29, 1.82) is 0 Å². The van der Waals surface area contributed by atoms with E-state index in [0.29, 0.717) is 22.1 Å². The molecule has 0 unspecified atom stereocenters. The fraction of sp³-hybridized carbons (Fsp3) is 0.0769. The van der Waals surface area contributed by atoms with Crippen LogP contribution in [0.2, 0.25) is 4.47 Å². The van der Waals surface area contributed by atoms with Gasteiger partial charge in [-0.3, -0.25) is 4.79 Å². The molecule has 0 bridgehead atoms. The van der Waals surface area contributed by atoms with Crippen LogP contribution in [0.3, 0.4) is 0 Å². The first-order valence-corrected chi connectivity index (χ1v) is 6.94. The maximum absolute atomic E-state index is 11.6. The molecule has 0 fully saturated rings. The van der Waals surface area contributed by atoms with Crippen molar-refractivity contribution in [2.75, 3.05) is 0 Å². The zero-order valence-electron chi connectivity index (χ0n) is 10.1. The number of hydrogen-bond donors (Lipinski definition) is 0. The molecule has 0 saturated carbocycles. The summed E-state index contributed by atoms with van der Waals surface area (Å²) in [6.45, 7) is 0.539. The molecule has 1 aromatic carbocycles. The molecular formula is C13H8ClN3O2S. The molecule has 1 amide bonds. The summed E-state index contributed by atoms with van der Waals surface area (Å²) in [6, 6.07) is 7.10. The standard InChI is InChI=1S/C13H8ClN3O2S/c14-13-15-6-9(20-13)7-17-5-4-8-2-1-3-10(11(8)17)12(18)16-19/h1-6H,7H2. The van der Waals surface area contributed by atoms with Crippen molar-refractivity contribution >= 4 is 39.7 Å². The number of hydrogen-bond acceptors (Lipinski definition) is 4. The van der Waals surface area contributed by atoms with Crippen LogP contribution < -0.4 is 0 Å². The van der Waals surface area contributed by atoms with Crippen molar-refractivity contribution < 1.29 is 4.79 Å². The SMILES string of the molecule is O=NC(=O)c1cccc2ccn(Cc3cnc(Cl)s3)c12. The van der Waals surface area contributed by atoms with E-state index in [1.165, 1.54) is 11.3 Å². The minimum absolute atomic E-state index is 0.304. The van der Waals surface area contributed by atoms with Crippen LogP contribution in [0.1, 0.15) is 15.2 Å². The van der Waals surface area contributed by atoms with E-state index in [1.54, 1.807) is 18.3 Å². The molecule has 3 rings (SSSR count). The topological polar surface area (TPSA) is 64.3 Å². The first-order valence-electron chi connectivity index (χ1n) is 5.75. The Morgan fingerprint density at radius 1 is 1.40 bits per heavy atom. The Morgan fingerprint density at radius 2 is 2.25 bits per heavy atom. The number of amides is 1. The van der Waals surface area contributed by atoms with E-state index in [4.69, 9.17) is 11.6 Å². The lowest BCUT2D eigenvalue weighted by molar-refractivity contribution is 0.100. The van der Waals surface area contributed by atoms with Crippen LogP contribution in [0.4, 0.5) is 0 Å². The van der Waals surface area contributed by atoms with Crippen LogP contribution in [0.15, 0.2) is 41.8 Å². The maximum Gasteiger partial charge on any atom is 0.318 e. The van der Waals surface area contributed by atoms with Gasteiger partial charge in [-0.2, -0.15) is 0 Å². The summed E-state index contributed by atoms with van der Waals surface area (Å²) < 4.78 is 2.36. The molecule has 0 spiro atoms. The van der Waals surface area contributed by atoms with Gasteiger partial charge in [0, 0.05) is 27.8 Å². The van der Waals surface area contributed by atoms with Gasteiger partial charge in [0.1, 0.15) is 0 Å². The number of para-hydroxylation sites is 1. The van der Waals surface area contributed by atoms with E-state index in [0.717, 1.165) is 10.3 Å². The predicted octanol–water partition coefficient (Wildman–Crippen LogP) is 3.71. The van der Waals surface area contributed by atoms with Crippen molar-refractivity contribution in [3.8, 4) is 0 Å². The van der Waals surface area contributed by atoms with Gasteiger partial charge < -0.3 is 4.57 Å². The van der Waals surface area contributed by atoms with E-state index in [-0.39, 0.29) is 0 Å². The fourth-order valence-electron chi connectivity index (χ4n) is 2.14. The van der Waals surface area contributed by atoms with Crippen molar-refractivity contribution in [3.05, 3.63) is 56.5 Å². The molecule has 0 aliphatic rings. The minimum Gasteiger partial charge on any atom is -0.342 e. The summed E-state index contributed by atoms with van der Waals surface area (Å²) in [4.78, 5) is 27.1. The van der Waals surface area contributed by atoms with Gasteiger partial charge in [-0.1, -0.05) is 23.7 Å². The summed E-state index contributed by atoms with van der Waals surface area (Å²) in [5.74, 6) is -0.766. The largest absolute Gasteiger partial charge is 0.342 e. The zero-order chi connectivity index (χ0) is 14.1. The Hall–Kier alpha value is -2.05. The van der Waals surface area contributed by atoms with Crippen LogP contribution in [-0.4, -0.2) is 15.5 Å². The van der Waals surface area contributed by atoms with Gasteiger partial charge in [0.15, 0.2) is 4.47 Å². The van der Waals surface area contributed by atoms with Crippen LogP contribution in [0.5, 0.6) is 0 Å². The molecule has 0 radical (unpaired) electrons. The third-order valence-electron chi connectivity index (χ3n) is 2.95. The van der Waals surface area contributed by atoms with Crippen molar-refractivity contribution in [2.45, 2.75) is 6.54 Å². The molecule has 20 heavy (non-hydrogen) atoms. The number of thiazole rings is 1. The molecule has 0 aliphatic heterocycles. The lowest BCUT2D eigenvalue weighted by atomic mass is 10.1. The maximum atomic E-state index is 11.6. The van der Waals surface area contributed by atoms with Gasteiger partial charge in [-0.05, 0) is 12.1 Å². The van der Waals surface area contributed by atoms with Crippen LogP contribution in [0.25, 0.3) is 10.9 Å². The number of halogens is 1. The third-order valence-corrected chi connectivity index (χ3v) is 4.05. The number of nitroso groups, excluding NO2 is 1. The average Bonchev–Trinajstić information content (AvgIpc) is 3.05. The molecule has 5 nitrogen and oxygen atoms in total. The Bertz CT molecular complexity index is 809. The number of carbonyl (C=O) groups excluding carboxylic acids is 1. The number of aromatic nitrogens is 2. The van der Waals surface area contributed by atoms with E-state index in [1.807, 2.05) is 22.9 Å². The number of benzene rings is 1. The second-order valence-electron chi connectivity index (χ2n) is 4.16. The van der Waals surface area contributed by atoms with Crippen molar-refractivity contribution in [3.63, 3.8) is 0 Å². The molecule has 0 aliphatic carbocycles. The molecule has 7 heteroatoms. The third kappa shape index (κ3) is 2.23. The highest BCUT2D eigenvalue weighted by atomic mass is 35.5. The van der Waals surface area contributed by atoms with E-state index in [2.05, 4.69) is 10.2 Å². The monoisotopic (exact) mass is 305 g/mol. The second-order valence-corrected chi connectivity index (χ2v) is 5.86. The molecule has 2 heterocycles. The van der Waals surface area contributed by atoms with Gasteiger partial charge >= 0.3 is 5.91 Å². The first kappa shape index (κ1) is 13.0. The molecule has 2 aromatic heterocycles. The second kappa shape index (κ2) is 5.15. The van der Waals surface area contributed by atoms with Gasteiger partial charge in [0.05, 0.1) is 17.6 Å². The normalized spacial score (nSPS) is 10.8. The predicted molar refractivity (Wildman–Crippen MR) is 78.3 cm³/mol. The lowest BCUT2D eigenvalue weighted by Crippen LogP contribution is -2.02. The molecule has 0 N–H and O–H groups in total. The highest BCUT2D eigenvalue weighted by Crippen LogP contribution is 2.24. The van der Waals surface area contributed by atoms with E-state index >= 15 is 0 Å². The van der Waals surface area contributed by atoms with Gasteiger partial charge in [0.2, 0.25) is 0 Å². The molecule has 0 saturated heterocycles. The fourth-order valence-corrected chi connectivity index (χ4v) is 3.12. The van der Waals surface area contributed by atoms with Gasteiger partial charge in [-0.25, -0.2) is 4.98 Å². The minimum atomic E-state index is -0.766. The highest BCUT2D eigenvalue weighted by molar-refractivity contribution is 7.15. The van der Waals surface area contributed by atoms with Gasteiger partial charge in [-0.15, -0.1) is 16.2 Å². The zero-order valence-corrected chi connectivity index (χ0v) is 11.7. The lowest BCUT2D eigenvalue weighted by Gasteiger charge is -2.05. The summed E-state index contributed by atoms with van der Waals surface area (Å²) in [6.07, 6.45) is 3.56. The van der Waals surface area contributed by atoms with Crippen LogP contribution >= 0.6 is 22.9 Å². The first-order chi connectivity index (χ1) is 9.69. The Morgan fingerprint density at radius 3 is 2.95 bits per heavy atom. The summed E-state index contributed by atoms with van der Waals surface area (Å²) >= 11 is 7.19. The van der Waals surface area contributed by atoms with Crippen LogP contribution in [-0.2, 0) is 6.54 Å². The average molecular weight is 306 g/mol. The number of nitrogens with zero attached hydrogens (tertiary/aromatic N) is 3. The highest BCUT2D eigenvalue weighted by Gasteiger charge is 2.14. The summed E-state index contributed by atoms with van der Waals surface area (Å²) in [7, 11) is 0. The van der Waals surface area contributed by atoms with Gasteiger partial charge in [0.25, 0.3) is 0 Å². The smallest absolute Gasteiger partial charge is 0.318 e. The van der Waals surface area contributed by atoms with Crippen molar-refractivity contribution in [2.24, 2.45) is 5.18 Å². The van der Waals surface area contributed by atoms with E-state index in [9.17, 15) is 9.70 Å². The van der Waals surface area contributed by atoms with E-state index < -0.39 is 5.91 Å². The molecule has 3 aromatic rings. The Kier molecular flexibility index (Phi) is 3.33. The Balaban J connectivity index is 2.11. The number of rotatable bonds is 3. The summed E-state index contributed by atoms with van der Waals surface area (Å²) in [5.41, 5.74) is 1.000. The molecular weight excluding hydrogens is 298 g/mol. The number of carbonyl (C=O) groups is 1.